The van der Waals surface area contributed by atoms with Crippen LogP contribution < -0.4 is 10.2 Å². The lowest BCUT2D eigenvalue weighted by molar-refractivity contribution is -0.143. The summed E-state index contributed by atoms with van der Waals surface area (Å²) in [4.78, 5) is 30.7. The number of anilines is 1. The normalized spacial score (nSPS) is 17.1. The molecule has 12 heteroatoms. The van der Waals surface area contributed by atoms with Gasteiger partial charge in [0.05, 0.1) is 28.3 Å². The van der Waals surface area contributed by atoms with Crippen LogP contribution in [0.15, 0.2) is 76.5 Å². The van der Waals surface area contributed by atoms with E-state index < -0.39 is 41.5 Å². The van der Waals surface area contributed by atoms with Gasteiger partial charge in [0, 0.05) is 17.0 Å². The number of thioether (sulfide) groups is 1. The van der Waals surface area contributed by atoms with Crippen LogP contribution >= 0.6 is 11.8 Å². The number of alkyl halides is 6. The first-order valence-electron chi connectivity index (χ1n) is 15.1. The number of halogens is 6. The molecule has 0 radical (unpaired) electrons. The fourth-order valence-corrected chi connectivity index (χ4v) is 6.65. The Labute approximate surface area is 267 Å². The highest BCUT2D eigenvalue weighted by Crippen LogP contribution is 2.44. The summed E-state index contributed by atoms with van der Waals surface area (Å²) in [7, 11) is 0. The van der Waals surface area contributed by atoms with E-state index in [1.165, 1.54) is 25.7 Å². The van der Waals surface area contributed by atoms with Crippen molar-refractivity contribution in [3.8, 4) is 0 Å². The molecular formula is C34H33F6N3O2S. The molecule has 3 aromatic carbocycles. The fourth-order valence-electron chi connectivity index (χ4n) is 5.59. The number of hydrogen-bond donors (Lipinski definition) is 1. The summed E-state index contributed by atoms with van der Waals surface area (Å²) in [6, 6.07) is 14.7. The number of rotatable bonds is 8. The summed E-state index contributed by atoms with van der Waals surface area (Å²) < 4.78 is 81.3. The van der Waals surface area contributed by atoms with Gasteiger partial charge in [-0.2, -0.15) is 26.3 Å². The van der Waals surface area contributed by atoms with Gasteiger partial charge in [0.1, 0.15) is 0 Å². The van der Waals surface area contributed by atoms with Crippen LogP contribution in [0.1, 0.15) is 64.7 Å². The Kier molecular flexibility index (Phi) is 10.5. The molecule has 1 N–H and O–H groups in total. The van der Waals surface area contributed by atoms with Crippen LogP contribution in [0.2, 0.25) is 0 Å². The van der Waals surface area contributed by atoms with Crippen molar-refractivity contribution in [2.24, 2.45) is 0 Å². The van der Waals surface area contributed by atoms with E-state index in [1.807, 2.05) is 0 Å². The predicted octanol–water partition coefficient (Wildman–Crippen LogP) is 8.40. The van der Waals surface area contributed by atoms with Crippen LogP contribution in [0.4, 0.5) is 32.0 Å². The summed E-state index contributed by atoms with van der Waals surface area (Å²) in [6.45, 7) is 3.10. The molecule has 1 fully saturated rings. The van der Waals surface area contributed by atoms with Gasteiger partial charge in [-0.3, -0.25) is 9.59 Å². The Morgan fingerprint density at radius 2 is 1.57 bits per heavy atom. The second kappa shape index (κ2) is 14.3. The molecule has 1 saturated heterocycles. The van der Waals surface area contributed by atoms with E-state index in [2.05, 4.69) is 10.2 Å². The van der Waals surface area contributed by atoms with E-state index in [9.17, 15) is 35.9 Å². The summed E-state index contributed by atoms with van der Waals surface area (Å²) in [6.07, 6.45) is -2.64. The number of hydrogen-bond acceptors (Lipinski definition) is 4. The Bertz CT molecular complexity index is 1580. The van der Waals surface area contributed by atoms with Gasteiger partial charge in [-0.1, -0.05) is 54.9 Å². The Morgan fingerprint density at radius 3 is 2.24 bits per heavy atom. The topological polar surface area (TPSA) is 52.7 Å². The van der Waals surface area contributed by atoms with E-state index in [-0.39, 0.29) is 16.9 Å². The van der Waals surface area contributed by atoms with Gasteiger partial charge in [-0.05, 0) is 92.5 Å². The molecule has 46 heavy (non-hydrogen) atoms. The van der Waals surface area contributed by atoms with Crippen LogP contribution in [-0.4, -0.2) is 42.9 Å². The smallest absolute Gasteiger partial charge is 0.352 e. The minimum Gasteiger partial charge on any atom is -0.352 e. The minimum absolute atomic E-state index is 0.0781. The molecule has 244 valence electrons. The largest absolute Gasteiger partial charge is 0.416 e. The van der Waals surface area contributed by atoms with Crippen molar-refractivity contribution in [2.75, 3.05) is 31.1 Å². The van der Waals surface area contributed by atoms with E-state index >= 15 is 0 Å². The van der Waals surface area contributed by atoms with Gasteiger partial charge in [-0.25, -0.2) is 0 Å². The first-order chi connectivity index (χ1) is 21.9. The van der Waals surface area contributed by atoms with Crippen molar-refractivity contribution < 1.29 is 35.9 Å². The number of carbonyl (C=O) groups is 2. The van der Waals surface area contributed by atoms with E-state index in [0.717, 1.165) is 48.8 Å². The van der Waals surface area contributed by atoms with E-state index in [4.69, 9.17) is 0 Å². The van der Waals surface area contributed by atoms with Crippen LogP contribution in [-0.2, 0) is 23.7 Å². The number of nitrogens with zero attached hydrogens (tertiary/aromatic N) is 2. The number of carbonyl (C=O) groups excluding carboxylic acids is 2. The van der Waals surface area contributed by atoms with Crippen molar-refractivity contribution in [3.63, 3.8) is 0 Å². The number of nitrogens with one attached hydrogen (secondary N) is 1. The van der Waals surface area contributed by atoms with Gasteiger partial charge >= 0.3 is 12.4 Å². The van der Waals surface area contributed by atoms with Gasteiger partial charge in [0.2, 0.25) is 0 Å². The first kappa shape index (κ1) is 33.6. The highest BCUT2D eigenvalue weighted by molar-refractivity contribution is 8.04. The third-order valence-corrected chi connectivity index (χ3v) is 9.09. The van der Waals surface area contributed by atoms with Gasteiger partial charge in [0.25, 0.3) is 11.8 Å². The fraction of sp³-hybridized carbons (Fsp3) is 0.353. The number of para-hydroxylation sites is 1. The van der Waals surface area contributed by atoms with Crippen molar-refractivity contribution in [1.82, 2.24) is 10.2 Å². The molecule has 0 aliphatic carbocycles. The van der Waals surface area contributed by atoms with Crippen LogP contribution in [0, 0.1) is 0 Å². The first-order valence-corrected chi connectivity index (χ1v) is 15.9. The second-order valence-electron chi connectivity index (χ2n) is 11.3. The third-order valence-electron chi connectivity index (χ3n) is 8.01. The number of fused-ring (bicyclic) bond motifs is 1. The van der Waals surface area contributed by atoms with Gasteiger partial charge in [0.15, 0.2) is 0 Å². The summed E-state index contributed by atoms with van der Waals surface area (Å²) in [5, 5.41) is 2.94. The summed E-state index contributed by atoms with van der Waals surface area (Å²) >= 11 is 1.14. The zero-order chi connectivity index (χ0) is 32.9. The maximum Gasteiger partial charge on any atom is 0.416 e. The Morgan fingerprint density at radius 1 is 0.870 bits per heavy atom. The lowest BCUT2D eigenvalue weighted by atomic mass is 10.0. The molecule has 0 saturated carbocycles. The minimum atomic E-state index is -5.07. The monoisotopic (exact) mass is 661 g/mol. The third kappa shape index (κ3) is 8.33. The van der Waals surface area contributed by atoms with E-state index in [0.29, 0.717) is 34.3 Å². The van der Waals surface area contributed by atoms with Gasteiger partial charge in [-0.15, -0.1) is 0 Å². The molecule has 2 aliphatic rings. The van der Waals surface area contributed by atoms with Crippen molar-refractivity contribution in [1.29, 1.82) is 0 Å². The average molecular weight is 662 g/mol. The quantitative estimate of drug-likeness (QED) is 0.150. The van der Waals surface area contributed by atoms with Gasteiger partial charge < -0.3 is 15.1 Å². The predicted molar refractivity (Wildman–Crippen MR) is 166 cm³/mol. The Hall–Kier alpha value is -3.77. The highest BCUT2D eigenvalue weighted by Gasteiger charge is 2.39. The standard InChI is InChI=1S/C34H33F6N3O2S/c35-33(36,37)26-15-14-25(27(21-26)34(38,39)40)22-43-28-8-3-4-9-29(28)46-30(32(43)45)20-23-10-12-24(13-11-23)31(44)41-16-7-19-42-17-5-1-2-6-18-42/h3-4,8-15,20-21H,1-2,5-7,16-19,22H2,(H,41,44)/b30-20-. The molecule has 2 amide bonds. The zero-order valence-electron chi connectivity index (χ0n) is 24.9. The molecule has 0 unspecified atom stereocenters. The molecule has 0 aromatic heterocycles. The summed E-state index contributed by atoms with van der Waals surface area (Å²) in [5.41, 5.74) is -1.93. The van der Waals surface area contributed by atoms with Crippen molar-refractivity contribution >= 4 is 35.3 Å². The lowest BCUT2D eigenvalue weighted by Gasteiger charge is -2.31. The molecule has 0 spiro atoms. The maximum atomic E-state index is 13.9. The van der Waals surface area contributed by atoms with Crippen LogP contribution in [0.5, 0.6) is 0 Å². The second-order valence-corrected chi connectivity index (χ2v) is 12.4. The average Bonchev–Trinajstić information content (AvgIpc) is 3.29. The maximum absolute atomic E-state index is 13.9. The highest BCUT2D eigenvalue weighted by atomic mass is 32.2. The van der Waals surface area contributed by atoms with Crippen LogP contribution in [0.25, 0.3) is 6.08 Å². The Balaban J connectivity index is 1.30. The van der Waals surface area contributed by atoms with Crippen LogP contribution in [0.3, 0.4) is 0 Å². The molecule has 2 heterocycles. The molecule has 5 nitrogen and oxygen atoms in total. The zero-order valence-corrected chi connectivity index (χ0v) is 25.7. The number of amides is 2. The number of benzene rings is 3. The molecular weight excluding hydrogens is 628 g/mol. The molecule has 5 rings (SSSR count). The number of likely N-dealkylation sites (tertiary alicyclic amines) is 1. The molecule has 0 bridgehead atoms. The molecule has 2 aliphatic heterocycles. The molecule has 0 atom stereocenters. The van der Waals surface area contributed by atoms with E-state index in [1.54, 1.807) is 54.6 Å². The lowest BCUT2D eigenvalue weighted by Crippen LogP contribution is -2.34. The molecule has 3 aromatic rings. The van der Waals surface area contributed by atoms with Crippen molar-refractivity contribution in [3.05, 3.63) is 99.5 Å². The van der Waals surface area contributed by atoms with Crippen molar-refractivity contribution in [2.45, 2.75) is 55.9 Å². The SMILES string of the molecule is O=C(NCCCN1CCCCCC1)c1ccc(/C=C2\Sc3ccccc3N(Cc3ccc(C(F)(F)F)cc3C(F)(F)F)C2=O)cc1. The summed E-state index contributed by atoms with van der Waals surface area (Å²) in [5.74, 6) is -0.807.